The molecule has 3 nitrogen and oxygen atoms in total. The molecule has 0 amide bonds. The number of allylic oxidation sites excluding steroid dienone is 4. The lowest BCUT2D eigenvalue weighted by Crippen LogP contribution is -2.48. The third-order valence-corrected chi connectivity index (χ3v) is 6.11. The predicted molar refractivity (Wildman–Crippen MR) is 76.3 cm³/mol. The third kappa shape index (κ3) is 4.35. The zero-order chi connectivity index (χ0) is 13.3. The first-order valence-electron chi connectivity index (χ1n) is 7.07. The summed E-state index contributed by atoms with van der Waals surface area (Å²) in [6, 6.07) is 0. The second-order valence-electron chi connectivity index (χ2n) is 4.22. The van der Waals surface area contributed by atoms with Crippen molar-refractivity contribution in [3.05, 3.63) is 23.4 Å². The van der Waals surface area contributed by atoms with Gasteiger partial charge in [-0.25, -0.2) is 0 Å². The number of hydrogen-bond donors (Lipinski definition) is 0. The van der Waals surface area contributed by atoms with E-state index in [1.54, 1.807) is 0 Å². The van der Waals surface area contributed by atoms with Crippen LogP contribution in [-0.4, -0.2) is 28.6 Å². The summed E-state index contributed by atoms with van der Waals surface area (Å²) < 4.78 is 17.8. The first-order chi connectivity index (χ1) is 8.79. The van der Waals surface area contributed by atoms with Gasteiger partial charge in [0.15, 0.2) is 0 Å². The van der Waals surface area contributed by atoms with Gasteiger partial charge in [-0.3, -0.25) is 0 Å². The van der Waals surface area contributed by atoms with Crippen molar-refractivity contribution < 1.29 is 13.3 Å². The molecule has 4 heteroatoms. The molecule has 0 bridgehead atoms. The van der Waals surface area contributed by atoms with Crippen molar-refractivity contribution in [3.63, 3.8) is 0 Å². The van der Waals surface area contributed by atoms with Crippen molar-refractivity contribution in [1.82, 2.24) is 0 Å². The highest BCUT2D eigenvalue weighted by Gasteiger charge is 2.44. The van der Waals surface area contributed by atoms with Crippen molar-refractivity contribution in [2.24, 2.45) is 0 Å². The predicted octanol–water partition coefficient (Wildman–Crippen LogP) is 3.63. The highest BCUT2D eigenvalue weighted by Crippen LogP contribution is 2.26. The Morgan fingerprint density at radius 2 is 1.61 bits per heavy atom. The number of rotatable bonds is 7. The van der Waals surface area contributed by atoms with Gasteiger partial charge in [0, 0.05) is 25.0 Å². The van der Waals surface area contributed by atoms with Crippen LogP contribution < -0.4 is 0 Å². The molecule has 0 aliphatic heterocycles. The maximum absolute atomic E-state index is 5.94. The molecule has 0 atom stereocenters. The van der Waals surface area contributed by atoms with Crippen molar-refractivity contribution in [1.29, 1.82) is 0 Å². The van der Waals surface area contributed by atoms with Crippen LogP contribution in [0.3, 0.4) is 0 Å². The first-order valence-corrected chi connectivity index (χ1v) is 8.79. The molecule has 0 aromatic heterocycles. The fraction of sp³-hybridized carbons (Fsp3) is 0.714. The lowest BCUT2D eigenvalue weighted by molar-refractivity contribution is 0.0796. The summed E-state index contributed by atoms with van der Waals surface area (Å²) in [5.41, 5.74) is 0. The molecule has 0 N–H and O–H groups in total. The van der Waals surface area contributed by atoms with Gasteiger partial charge in [0.25, 0.3) is 0 Å². The van der Waals surface area contributed by atoms with Crippen LogP contribution in [0.15, 0.2) is 23.4 Å². The highest BCUT2D eigenvalue weighted by atomic mass is 28.4. The summed E-state index contributed by atoms with van der Waals surface area (Å²) in [6.45, 7) is 7.89. The van der Waals surface area contributed by atoms with E-state index in [0.717, 1.165) is 12.8 Å². The van der Waals surface area contributed by atoms with Gasteiger partial charge >= 0.3 is 8.80 Å². The molecule has 0 aromatic rings. The van der Waals surface area contributed by atoms with E-state index in [4.69, 9.17) is 13.3 Å². The standard InChI is InChI=1S/C14H26O3Si/c1-4-15-18(16-5-2,17-6-3)14-12-10-8-7-9-11-13-14/h8,10,12H,4-7,9,11,13H2,1-3H3. The summed E-state index contributed by atoms with van der Waals surface area (Å²) in [5, 5.41) is 1.23. The van der Waals surface area contributed by atoms with Crippen molar-refractivity contribution in [2.75, 3.05) is 19.8 Å². The van der Waals surface area contributed by atoms with Crippen LogP contribution in [0.2, 0.25) is 0 Å². The summed E-state index contributed by atoms with van der Waals surface area (Å²) in [5.74, 6) is 0. The summed E-state index contributed by atoms with van der Waals surface area (Å²) in [4.78, 5) is 0. The van der Waals surface area contributed by atoms with E-state index in [1.165, 1.54) is 18.0 Å². The van der Waals surface area contributed by atoms with Gasteiger partial charge in [0.2, 0.25) is 0 Å². The summed E-state index contributed by atoms with van der Waals surface area (Å²) in [6.07, 6.45) is 11.1. The van der Waals surface area contributed by atoms with E-state index in [0.29, 0.717) is 19.8 Å². The van der Waals surface area contributed by atoms with E-state index in [-0.39, 0.29) is 0 Å². The molecule has 104 valence electrons. The Kier molecular flexibility index (Phi) is 7.50. The summed E-state index contributed by atoms with van der Waals surface area (Å²) in [7, 11) is -2.64. The van der Waals surface area contributed by atoms with Crippen LogP contribution in [0, 0.1) is 0 Å². The van der Waals surface area contributed by atoms with E-state index >= 15 is 0 Å². The Morgan fingerprint density at radius 1 is 1.00 bits per heavy atom. The molecule has 18 heavy (non-hydrogen) atoms. The second kappa shape index (κ2) is 8.64. The Bertz CT molecular complexity index is 270. The molecule has 0 heterocycles. The average molecular weight is 270 g/mol. The Balaban J connectivity index is 2.95. The topological polar surface area (TPSA) is 27.7 Å². The largest absolute Gasteiger partial charge is 0.532 e. The Morgan fingerprint density at radius 3 is 2.17 bits per heavy atom. The summed E-state index contributed by atoms with van der Waals surface area (Å²) >= 11 is 0. The van der Waals surface area contributed by atoms with E-state index in [1.807, 2.05) is 20.8 Å². The van der Waals surface area contributed by atoms with E-state index in [2.05, 4.69) is 18.2 Å². The second-order valence-corrected chi connectivity index (χ2v) is 6.84. The van der Waals surface area contributed by atoms with Crippen LogP contribution in [0.5, 0.6) is 0 Å². The maximum Gasteiger partial charge on any atom is 0.532 e. The molecule has 0 unspecified atom stereocenters. The molecule has 1 aliphatic carbocycles. The van der Waals surface area contributed by atoms with Gasteiger partial charge in [-0.15, -0.1) is 0 Å². The van der Waals surface area contributed by atoms with E-state index in [9.17, 15) is 0 Å². The minimum absolute atomic E-state index is 0.632. The van der Waals surface area contributed by atoms with Gasteiger partial charge in [0.1, 0.15) is 0 Å². The smallest absolute Gasteiger partial charge is 0.370 e. The van der Waals surface area contributed by atoms with Gasteiger partial charge in [0.05, 0.1) is 0 Å². The molecule has 0 saturated heterocycles. The van der Waals surface area contributed by atoms with Gasteiger partial charge in [-0.1, -0.05) is 18.2 Å². The van der Waals surface area contributed by atoms with Crippen LogP contribution in [0.1, 0.15) is 46.5 Å². The molecule has 0 radical (unpaired) electrons. The minimum atomic E-state index is -2.64. The highest BCUT2D eigenvalue weighted by molar-refractivity contribution is 6.68. The van der Waals surface area contributed by atoms with Crippen LogP contribution in [0.25, 0.3) is 0 Å². The first kappa shape index (κ1) is 15.6. The van der Waals surface area contributed by atoms with Crippen LogP contribution in [-0.2, 0) is 13.3 Å². The molecule has 1 aliphatic rings. The number of hydrogen-bond acceptors (Lipinski definition) is 3. The molecule has 0 spiro atoms. The fourth-order valence-corrected chi connectivity index (χ4v) is 4.90. The lowest BCUT2D eigenvalue weighted by atomic mass is 10.1. The van der Waals surface area contributed by atoms with Gasteiger partial charge < -0.3 is 13.3 Å². The van der Waals surface area contributed by atoms with Crippen molar-refractivity contribution >= 4 is 8.80 Å². The molecule has 0 aromatic carbocycles. The van der Waals surface area contributed by atoms with Gasteiger partial charge in [-0.2, -0.15) is 0 Å². The quantitative estimate of drug-likeness (QED) is 0.661. The minimum Gasteiger partial charge on any atom is -0.370 e. The molecular weight excluding hydrogens is 244 g/mol. The van der Waals surface area contributed by atoms with Gasteiger partial charge in [-0.05, 0) is 46.5 Å². The molecule has 1 rings (SSSR count). The monoisotopic (exact) mass is 270 g/mol. The Labute approximate surface area is 112 Å². The van der Waals surface area contributed by atoms with Crippen LogP contribution >= 0.6 is 0 Å². The van der Waals surface area contributed by atoms with E-state index < -0.39 is 8.80 Å². The zero-order valence-electron chi connectivity index (χ0n) is 11.9. The third-order valence-electron chi connectivity index (χ3n) is 2.90. The maximum atomic E-state index is 5.94. The zero-order valence-corrected chi connectivity index (χ0v) is 12.9. The van der Waals surface area contributed by atoms with Crippen LogP contribution in [0.4, 0.5) is 0 Å². The molecule has 0 saturated carbocycles. The SMILES string of the molecule is CCO[Si](OCC)(OCC)C1=CC=CCCCC1. The average Bonchev–Trinajstić information content (AvgIpc) is 2.29. The Hall–Kier alpha value is -0.423. The molecular formula is C14H26O3Si. The fourth-order valence-electron chi connectivity index (χ4n) is 2.17. The van der Waals surface area contributed by atoms with Crippen molar-refractivity contribution in [3.8, 4) is 0 Å². The van der Waals surface area contributed by atoms with Crippen molar-refractivity contribution in [2.45, 2.75) is 46.5 Å². The molecule has 0 fully saturated rings. The lowest BCUT2D eigenvalue weighted by Gasteiger charge is -2.31. The normalized spacial score (nSPS) is 17.2.